The quantitative estimate of drug-likeness (QED) is 0.906. The first-order valence-corrected chi connectivity index (χ1v) is 7.58. The molecule has 1 saturated heterocycles. The van der Waals surface area contributed by atoms with Crippen LogP contribution in [-0.2, 0) is 4.74 Å². The van der Waals surface area contributed by atoms with E-state index in [0.29, 0.717) is 6.04 Å². The Morgan fingerprint density at radius 3 is 2.45 bits per heavy atom. The summed E-state index contributed by atoms with van der Waals surface area (Å²) >= 11 is 5.94. The van der Waals surface area contributed by atoms with Crippen LogP contribution in [0.25, 0.3) is 0 Å². The van der Waals surface area contributed by atoms with Gasteiger partial charge in [0.15, 0.2) is 0 Å². The monoisotopic (exact) mass is 297 g/mol. The first kappa shape index (κ1) is 15.8. The molecular formula is C16H24ClNO2. The van der Waals surface area contributed by atoms with Gasteiger partial charge in [-0.25, -0.2) is 0 Å². The van der Waals surface area contributed by atoms with Crippen LogP contribution in [0.4, 0.5) is 0 Å². The predicted molar refractivity (Wildman–Crippen MR) is 82.1 cm³/mol. The molecule has 1 aromatic carbocycles. The Morgan fingerprint density at radius 2 is 1.90 bits per heavy atom. The molecule has 0 aliphatic carbocycles. The highest BCUT2D eigenvalue weighted by atomic mass is 35.5. The lowest BCUT2D eigenvalue weighted by Gasteiger charge is -2.40. The Hall–Kier alpha value is -0.610. The summed E-state index contributed by atoms with van der Waals surface area (Å²) in [6, 6.07) is 8.30. The van der Waals surface area contributed by atoms with Crippen molar-refractivity contribution < 1.29 is 9.84 Å². The van der Waals surface area contributed by atoms with E-state index in [2.05, 4.69) is 31.0 Å². The molecule has 1 heterocycles. The number of ether oxygens (including phenoxy) is 1. The summed E-state index contributed by atoms with van der Waals surface area (Å²) in [7, 11) is 2.12. The van der Waals surface area contributed by atoms with Gasteiger partial charge < -0.3 is 9.84 Å². The molecule has 20 heavy (non-hydrogen) atoms. The zero-order valence-corrected chi connectivity index (χ0v) is 13.1. The van der Waals surface area contributed by atoms with E-state index in [-0.39, 0.29) is 12.0 Å². The summed E-state index contributed by atoms with van der Waals surface area (Å²) < 4.78 is 5.42. The second kappa shape index (κ2) is 6.90. The summed E-state index contributed by atoms with van der Waals surface area (Å²) in [5.74, 6) is 0. The summed E-state index contributed by atoms with van der Waals surface area (Å²) in [4.78, 5) is 2.31. The minimum Gasteiger partial charge on any atom is -0.396 e. The van der Waals surface area contributed by atoms with Crippen molar-refractivity contribution in [2.45, 2.75) is 25.8 Å². The van der Waals surface area contributed by atoms with Gasteiger partial charge in [-0.1, -0.05) is 23.7 Å². The molecule has 1 aliphatic rings. The summed E-state index contributed by atoms with van der Waals surface area (Å²) in [5.41, 5.74) is 1.23. The lowest BCUT2D eigenvalue weighted by atomic mass is 9.80. The average molecular weight is 298 g/mol. The zero-order valence-electron chi connectivity index (χ0n) is 12.3. The second-order valence-electron chi connectivity index (χ2n) is 5.91. The number of benzene rings is 1. The molecule has 1 N–H and O–H groups in total. The molecule has 1 fully saturated rings. The number of halogens is 1. The Morgan fingerprint density at radius 1 is 1.30 bits per heavy atom. The molecule has 4 heteroatoms. The molecule has 0 saturated carbocycles. The first-order chi connectivity index (χ1) is 9.56. The molecule has 1 unspecified atom stereocenters. The number of nitrogens with zero attached hydrogens (tertiary/aromatic N) is 1. The van der Waals surface area contributed by atoms with Crippen molar-refractivity contribution >= 4 is 11.6 Å². The first-order valence-electron chi connectivity index (χ1n) is 7.21. The van der Waals surface area contributed by atoms with Gasteiger partial charge in [-0.05, 0) is 44.5 Å². The van der Waals surface area contributed by atoms with Crippen LogP contribution in [0.1, 0.15) is 31.4 Å². The van der Waals surface area contributed by atoms with E-state index < -0.39 is 0 Å². The molecule has 1 aromatic rings. The molecule has 0 aromatic heterocycles. The van der Waals surface area contributed by atoms with Crippen LogP contribution < -0.4 is 0 Å². The van der Waals surface area contributed by atoms with Crippen molar-refractivity contribution in [3.63, 3.8) is 0 Å². The van der Waals surface area contributed by atoms with E-state index in [1.165, 1.54) is 5.56 Å². The second-order valence-corrected chi connectivity index (χ2v) is 6.35. The standard InChI is InChI=1S/C16H24ClNO2/c1-13(14-3-5-15(17)6-4-14)18(2)11-16(12-19)7-9-20-10-8-16/h3-6,13,19H,7-12H2,1-2H3. The SMILES string of the molecule is CC(c1ccc(Cl)cc1)N(C)CC1(CO)CCOCC1. The maximum atomic E-state index is 9.78. The third kappa shape index (κ3) is 3.73. The maximum absolute atomic E-state index is 9.78. The van der Waals surface area contributed by atoms with Gasteiger partial charge in [-0.15, -0.1) is 0 Å². The van der Waals surface area contributed by atoms with Gasteiger partial charge >= 0.3 is 0 Å². The lowest BCUT2D eigenvalue weighted by Crippen LogP contribution is -2.43. The zero-order chi connectivity index (χ0) is 14.6. The highest BCUT2D eigenvalue weighted by molar-refractivity contribution is 6.30. The van der Waals surface area contributed by atoms with Gasteiger partial charge in [0.1, 0.15) is 0 Å². The molecule has 2 rings (SSSR count). The van der Waals surface area contributed by atoms with Crippen molar-refractivity contribution in [2.24, 2.45) is 5.41 Å². The third-order valence-corrected chi connectivity index (χ3v) is 4.74. The van der Waals surface area contributed by atoms with Crippen LogP contribution in [0, 0.1) is 5.41 Å². The van der Waals surface area contributed by atoms with Gasteiger partial charge in [0.25, 0.3) is 0 Å². The molecule has 1 aliphatic heterocycles. The summed E-state index contributed by atoms with van der Waals surface area (Å²) in [6.07, 6.45) is 1.86. The van der Waals surface area contributed by atoms with Gasteiger partial charge in [0.05, 0.1) is 6.61 Å². The van der Waals surface area contributed by atoms with Crippen LogP contribution >= 0.6 is 11.6 Å². The van der Waals surface area contributed by atoms with E-state index in [1.807, 2.05) is 12.1 Å². The van der Waals surface area contributed by atoms with Crippen LogP contribution in [-0.4, -0.2) is 43.4 Å². The Balaban J connectivity index is 2.02. The van der Waals surface area contributed by atoms with Gasteiger partial charge in [-0.3, -0.25) is 4.90 Å². The fourth-order valence-corrected chi connectivity index (χ4v) is 2.96. The number of hydrogen-bond donors (Lipinski definition) is 1. The molecule has 0 amide bonds. The topological polar surface area (TPSA) is 32.7 Å². The van der Waals surface area contributed by atoms with Crippen LogP contribution in [0.3, 0.4) is 0 Å². The normalized spacial score (nSPS) is 20.1. The van der Waals surface area contributed by atoms with E-state index in [4.69, 9.17) is 16.3 Å². The van der Waals surface area contributed by atoms with E-state index in [1.54, 1.807) is 0 Å². The maximum Gasteiger partial charge on any atom is 0.0501 e. The Bertz CT molecular complexity index is 415. The van der Waals surface area contributed by atoms with E-state index >= 15 is 0 Å². The molecule has 3 nitrogen and oxygen atoms in total. The van der Waals surface area contributed by atoms with Crippen LogP contribution in [0.5, 0.6) is 0 Å². The van der Waals surface area contributed by atoms with Gasteiger partial charge in [0.2, 0.25) is 0 Å². The van der Waals surface area contributed by atoms with Crippen molar-refractivity contribution in [3.8, 4) is 0 Å². The number of hydrogen-bond acceptors (Lipinski definition) is 3. The fourth-order valence-electron chi connectivity index (χ4n) is 2.83. The number of aliphatic hydroxyl groups is 1. The molecule has 1 atom stereocenters. The summed E-state index contributed by atoms with van der Waals surface area (Å²) in [5, 5.41) is 10.5. The minimum absolute atomic E-state index is 0.0202. The van der Waals surface area contributed by atoms with Crippen LogP contribution in [0.2, 0.25) is 5.02 Å². The molecular weight excluding hydrogens is 274 g/mol. The largest absolute Gasteiger partial charge is 0.396 e. The van der Waals surface area contributed by atoms with Crippen molar-refractivity contribution in [3.05, 3.63) is 34.9 Å². The Kier molecular flexibility index (Phi) is 5.44. The van der Waals surface area contributed by atoms with E-state index in [9.17, 15) is 5.11 Å². The van der Waals surface area contributed by atoms with Crippen molar-refractivity contribution in [2.75, 3.05) is 33.4 Å². The van der Waals surface area contributed by atoms with Crippen molar-refractivity contribution in [1.29, 1.82) is 0 Å². The predicted octanol–water partition coefficient (Wildman–Crippen LogP) is 3.12. The van der Waals surface area contributed by atoms with Gasteiger partial charge in [-0.2, -0.15) is 0 Å². The van der Waals surface area contributed by atoms with Crippen LogP contribution in [0.15, 0.2) is 24.3 Å². The Labute approximate surface area is 126 Å². The molecule has 0 spiro atoms. The van der Waals surface area contributed by atoms with Crippen molar-refractivity contribution in [1.82, 2.24) is 4.90 Å². The number of rotatable bonds is 5. The minimum atomic E-state index is -0.0202. The highest BCUT2D eigenvalue weighted by Gasteiger charge is 2.34. The fraction of sp³-hybridized carbons (Fsp3) is 0.625. The average Bonchev–Trinajstić information content (AvgIpc) is 2.48. The molecule has 0 radical (unpaired) electrons. The smallest absolute Gasteiger partial charge is 0.0501 e. The summed E-state index contributed by atoms with van der Waals surface area (Å²) in [6.45, 7) is 4.81. The van der Waals surface area contributed by atoms with Gasteiger partial charge in [0, 0.05) is 36.2 Å². The lowest BCUT2D eigenvalue weighted by molar-refractivity contribution is -0.0355. The molecule has 112 valence electrons. The third-order valence-electron chi connectivity index (χ3n) is 4.49. The highest BCUT2D eigenvalue weighted by Crippen LogP contribution is 2.33. The van der Waals surface area contributed by atoms with E-state index in [0.717, 1.165) is 37.6 Å². The molecule has 0 bridgehead atoms. The number of aliphatic hydroxyl groups excluding tert-OH is 1.